The third-order valence-electron chi connectivity index (χ3n) is 4.27. The van der Waals surface area contributed by atoms with Crippen molar-refractivity contribution in [3.05, 3.63) is 51.6 Å². The molecule has 3 nitrogen and oxygen atoms in total. The first-order chi connectivity index (χ1) is 10.3. The van der Waals surface area contributed by atoms with E-state index in [1.807, 2.05) is 24.6 Å². The van der Waals surface area contributed by atoms with Gasteiger partial charge in [0.2, 0.25) is 0 Å². The number of benzene rings is 1. The van der Waals surface area contributed by atoms with Crippen LogP contribution in [-0.4, -0.2) is 9.55 Å². The molecule has 1 aromatic heterocycles. The van der Waals surface area contributed by atoms with Crippen LogP contribution in [0.25, 0.3) is 0 Å². The van der Waals surface area contributed by atoms with Gasteiger partial charge in [-0.3, -0.25) is 0 Å². The standard InChI is InChI=1S/C16H19F2N3S.ClH/c1-16(2,19)14-8-20-15(22)21(14)11-3-4-12-9(6-11)5-10(17)7-13(12)18;/h5,7-8,11H,3-4,6,19H2,1-2H3,(H,20,22);1H/t11-;/m0./s1. The minimum absolute atomic E-state index is 0. The summed E-state index contributed by atoms with van der Waals surface area (Å²) in [5.41, 5.74) is 7.92. The van der Waals surface area contributed by atoms with Crippen LogP contribution in [0.4, 0.5) is 8.78 Å². The SMILES string of the molecule is CC(C)(N)c1c[nH]c(=S)n1[C@H]1CCc2c(F)cc(F)cc2C1.Cl. The highest BCUT2D eigenvalue weighted by Gasteiger charge is 2.28. The predicted octanol–water partition coefficient (Wildman–Crippen LogP) is 4.17. The molecule has 1 aliphatic carbocycles. The van der Waals surface area contributed by atoms with Gasteiger partial charge in [0.05, 0.1) is 11.2 Å². The van der Waals surface area contributed by atoms with Crippen molar-refractivity contribution < 1.29 is 8.78 Å². The molecule has 2 aromatic rings. The van der Waals surface area contributed by atoms with E-state index in [1.54, 1.807) is 0 Å². The largest absolute Gasteiger partial charge is 0.337 e. The lowest BCUT2D eigenvalue weighted by Crippen LogP contribution is -2.34. The van der Waals surface area contributed by atoms with E-state index in [9.17, 15) is 8.78 Å². The number of hydrogen-bond acceptors (Lipinski definition) is 2. The molecule has 3 N–H and O–H groups in total. The average molecular weight is 360 g/mol. The number of rotatable bonds is 2. The van der Waals surface area contributed by atoms with Gasteiger partial charge in [0.15, 0.2) is 4.77 Å². The lowest BCUT2D eigenvalue weighted by atomic mass is 9.87. The number of aromatic amines is 1. The Morgan fingerprint density at radius 1 is 1.35 bits per heavy atom. The van der Waals surface area contributed by atoms with Gasteiger partial charge in [-0.05, 0) is 62.5 Å². The number of H-pyrrole nitrogens is 1. The van der Waals surface area contributed by atoms with E-state index >= 15 is 0 Å². The second-order valence-corrected chi connectivity index (χ2v) is 6.88. The first kappa shape index (κ1) is 18.1. The van der Waals surface area contributed by atoms with Gasteiger partial charge in [-0.25, -0.2) is 8.78 Å². The van der Waals surface area contributed by atoms with Crippen LogP contribution >= 0.6 is 24.6 Å². The average Bonchev–Trinajstić information content (AvgIpc) is 2.79. The highest BCUT2D eigenvalue weighted by Crippen LogP contribution is 2.33. The van der Waals surface area contributed by atoms with Crippen LogP contribution in [0.15, 0.2) is 18.3 Å². The predicted molar refractivity (Wildman–Crippen MR) is 91.5 cm³/mol. The molecule has 1 aliphatic rings. The molecular weight excluding hydrogens is 340 g/mol. The van der Waals surface area contributed by atoms with E-state index in [1.165, 1.54) is 6.07 Å². The molecule has 0 radical (unpaired) electrons. The molecule has 0 fully saturated rings. The molecule has 0 spiro atoms. The molecule has 0 aliphatic heterocycles. The molecule has 0 saturated heterocycles. The minimum atomic E-state index is -0.541. The van der Waals surface area contributed by atoms with Gasteiger partial charge in [0.25, 0.3) is 0 Å². The third-order valence-corrected chi connectivity index (χ3v) is 4.59. The Labute approximate surface area is 145 Å². The zero-order valence-corrected chi connectivity index (χ0v) is 14.7. The van der Waals surface area contributed by atoms with Crippen molar-refractivity contribution >= 4 is 24.6 Å². The quantitative estimate of drug-likeness (QED) is 0.790. The van der Waals surface area contributed by atoms with Crippen molar-refractivity contribution in [2.45, 2.75) is 44.7 Å². The maximum atomic E-state index is 13.9. The molecule has 0 amide bonds. The maximum absolute atomic E-state index is 13.9. The van der Waals surface area contributed by atoms with Crippen LogP contribution in [0.3, 0.4) is 0 Å². The number of hydrogen-bond donors (Lipinski definition) is 2. The number of fused-ring (bicyclic) bond motifs is 1. The molecule has 0 unspecified atom stereocenters. The van der Waals surface area contributed by atoms with Crippen LogP contribution in [0.2, 0.25) is 0 Å². The summed E-state index contributed by atoms with van der Waals surface area (Å²) < 4.78 is 29.9. The highest BCUT2D eigenvalue weighted by atomic mass is 35.5. The lowest BCUT2D eigenvalue weighted by Gasteiger charge is -2.30. The van der Waals surface area contributed by atoms with Gasteiger partial charge in [0, 0.05) is 18.3 Å². The summed E-state index contributed by atoms with van der Waals surface area (Å²) in [6.07, 6.45) is 3.71. The molecule has 0 bridgehead atoms. The fourth-order valence-corrected chi connectivity index (χ4v) is 3.55. The molecule has 3 rings (SSSR count). The zero-order chi connectivity index (χ0) is 16.1. The van der Waals surface area contributed by atoms with Crippen LogP contribution in [0, 0.1) is 16.4 Å². The third kappa shape index (κ3) is 3.34. The summed E-state index contributed by atoms with van der Waals surface area (Å²) >= 11 is 5.38. The Hall–Kier alpha value is -1.24. The molecule has 1 atom stereocenters. The number of nitrogens with zero attached hydrogens (tertiary/aromatic N) is 1. The fraction of sp³-hybridized carbons (Fsp3) is 0.438. The highest BCUT2D eigenvalue weighted by molar-refractivity contribution is 7.71. The number of nitrogens with one attached hydrogen (secondary N) is 1. The summed E-state index contributed by atoms with van der Waals surface area (Å²) in [7, 11) is 0. The van der Waals surface area contributed by atoms with E-state index < -0.39 is 17.2 Å². The molecule has 0 saturated carbocycles. The Kier molecular flexibility index (Phi) is 4.99. The Morgan fingerprint density at radius 3 is 2.70 bits per heavy atom. The number of imidazole rings is 1. The van der Waals surface area contributed by atoms with E-state index in [2.05, 4.69) is 4.98 Å². The van der Waals surface area contributed by atoms with E-state index in [0.717, 1.165) is 23.7 Å². The normalized spacial score (nSPS) is 17.5. The summed E-state index contributed by atoms with van der Waals surface area (Å²) in [6.45, 7) is 3.83. The molecular formula is C16H20ClF2N3S. The summed E-state index contributed by atoms with van der Waals surface area (Å²) in [6, 6.07) is 2.44. The molecule has 1 aromatic carbocycles. The molecule has 126 valence electrons. The summed E-state index contributed by atoms with van der Waals surface area (Å²) in [5, 5.41) is 0. The van der Waals surface area contributed by atoms with Gasteiger partial charge in [-0.1, -0.05) is 0 Å². The van der Waals surface area contributed by atoms with Crippen molar-refractivity contribution in [3.63, 3.8) is 0 Å². The molecule has 1 heterocycles. The lowest BCUT2D eigenvalue weighted by molar-refractivity contribution is 0.386. The minimum Gasteiger partial charge on any atom is -0.337 e. The number of nitrogens with two attached hydrogens (primary N) is 1. The van der Waals surface area contributed by atoms with E-state index in [-0.39, 0.29) is 18.4 Å². The smallest absolute Gasteiger partial charge is 0.177 e. The van der Waals surface area contributed by atoms with E-state index in [4.69, 9.17) is 18.0 Å². The van der Waals surface area contributed by atoms with Gasteiger partial charge in [-0.15, -0.1) is 12.4 Å². The summed E-state index contributed by atoms with van der Waals surface area (Å²) in [5.74, 6) is -0.987. The van der Waals surface area contributed by atoms with Crippen molar-refractivity contribution in [1.82, 2.24) is 9.55 Å². The molecule has 23 heavy (non-hydrogen) atoms. The topological polar surface area (TPSA) is 46.7 Å². The fourth-order valence-electron chi connectivity index (χ4n) is 3.24. The van der Waals surface area contributed by atoms with Gasteiger partial charge < -0.3 is 15.3 Å². The molecule has 7 heteroatoms. The maximum Gasteiger partial charge on any atom is 0.177 e. The van der Waals surface area contributed by atoms with Crippen molar-refractivity contribution in [2.75, 3.05) is 0 Å². The number of halogens is 3. The summed E-state index contributed by atoms with van der Waals surface area (Å²) in [4.78, 5) is 3.04. The second-order valence-electron chi connectivity index (χ2n) is 6.49. The zero-order valence-electron chi connectivity index (χ0n) is 13.0. The Balaban J connectivity index is 0.00000192. The first-order valence-corrected chi connectivity index (χ1v) is 7.74. The van der Waals surface area contributed by atoms with Crippen LogP contribution < -0.4 is 5.73 Å². The van der Waals surface area contributed by atoms with Crippen molar-refractivity contribution in [3.8, 4) is 0 Å². The monoisotopic (exact) mass is 359 g/mol. The van der Waals surface area contributed by atoms with Crippen molar-refractivity contribution in [2.24, 2.45) is 5.73 Å². The van der Waals surface area contributed by atoms with Gasteiger partial charge >= 0.3 is 0 Å². The van der Waals surface area contributed by atoms with Crippen LogP contribution in [0.5, 0.6) is 0 Å². The van der Waals surface area contributed by atoms with Crippen molar-refractivity contribution in [1.29, 1.82) is 0 Å². The van der Waals surface area contributed by atoms with Crippen LogP contribution in [0.1, 0.15) is 43.1 Å². The Morgan fingerprint density at radius 2 is 2.04 bits per heavy atom. The Bertz CT molecular complexity index is 777. The number of aromatic nitrogens is 2. The van der Waals surface area contributed by atoms with Gasteiger partial charge in [0.1, 0.15) is 11.6 Å². The first-order valence-electron chi connectivity index (χ1n) is 7.33. The van der Waals surface area contributed by atoms with Crippen LogP contribution in [-0.2, 0) is 18.4 Å². The second kappa shape index (κ2) is 6.34. The van der Waals surface area contributed by atoms with E-state index in [0.29, 0.717) is 23.2 Å². The van der Waals surface area contributed by atoms with Gasteiger partial charge in [-0.2, -0.15) is 0 Å².